The van der Waals surface area contributed by atoms with Crippen LogP contribution in [0.3, 0.4) is 0 Å². The highest BCUT2D eigenvalue weighted by atomic mass is 19.4. The van der Waals surface area contributed by atoms with Gasteiger partial charge < -0.3 is 10.1 Å². The van der Waals surface area contributed by atoms with Gasteiger partial charge in [0.1, 0.15) is 5.75 Å². The van der Waals surface area contributed by atoms with Gasteiger partial charge in [0.05, 0.1) is 5.69 Å². The van der Waals surface area contributed by atoms with Crippen LogP contribution in [0.2, 0.25) is 0 Å². The summed E-state index contributed by atoms with van der Waals surface area (Å²) in [7, 11) is 0. The van der Waals surface area contributed by atoms with Crippen LogP contribution < -0.4 is 10.1 Å². The maximum absolute atomic E-state index is 12.3. The molecule has 2 aromatic rings. The van der Waals surface area contributed by atoms with E-state index in [4.69, 9.17) is 4.74 Å². The number of rotatable bonds is 7. The van der Waals surface area contributed by atoms with Crippen LogP contribution in [0.25, 0.3) is 0 Å². The molecule has 0 unspecified atom stereocenters. The molecule has 0 radical (unpaired) electrons. The molecule has 0 atom stereocenters. The minimum Gasteiger partial charge on any atom is -0.484 e. The number of hydrogen-bond acceptors (Lipinski definition) is 4. The molecule has 7 heteroatoms. The number of nitrogens with zero attached hydrogens (tertiary/aromatic N) is 2. The van der Waals surface area contributed by atoms with Gasteiger partial charge in [0.25, 0.3) is 0 Å². The fourth-order valence-electron chi connectivity index (χ4n) is 3.19. The fraction of sp³-hybridized carbons (Fsp3) is 0.450. The summed E-state index contributed by atoms with van der Waals surface area (Å²) in [5.74, 6) is 0.247. The highest BCUT2D eigenvalue weighted by Gasteiger charge is 2.28. The van der Waals surface area contributed by atoms with Crippen LogP contribution in [0.1, 0.15) is 24.1 Å². The SMILES string of the molecule is FC(F)(F)COc1cccc(CNC2CCN(Cc3ccccn3)CC2)c1. The van der Waals surface area contributed by atoms with Crippen molar-refractivity contribution in [3.63, 3.8) is 0 Å². The van der Waals surface area contributed by atoms with Crippen molar-refractivity contribution in [2.75, 3.05) is 19.7 Å². The highest BCUT2D eigenvalue weighted by Crippen LogP contribution is 2.20. The summed E-state index contributed by atoms with van der Waals surface area (Å²) < 4.78 is 41.6. The van der Waals surface area contributed by atoms with Crippen LogP contribution in [-0.4, -0.2) is 41.8 Å². The van der Waals surface area contributed by atoms with Crippen molar-refractivity contribution >= 4 is 0 Å². The summed E-state index contributed by atoms with van der Waals surface area (Å²) in [4.78, 5) is 6.76. The average molecular weight is 379 g/mol. The minimum atomic E-state index is -4.32. The van der Waals surface area contributed by atoms with Gasteiger partial charge in [-0.1, -0.05) is 18.2 Å². The maximum Gasteiger partial charge on any atom is 0.422 e. The van der Waals surface area contributed by atoms with Gasteiger partial charge in [-0.15, -0.1) is 0 Å². The van der Waals surface area contributed by atoms with Crippen molar-refractivity contribution in [1.82, 2.24) is 15.2 Å². The quantitative estimate of drug-likeness (QED) is 0.795. The number of aromatic nitrogens is 1. The molecule has 1 fully saturated rings. The van der Waals surface area contributed by atoms with Gasteiger partial charge in [0.15, 0.2) is 6.61 Å². The summed E-state index contributed by atoms with van der Waals surface area (Å²) in [6.45, 7) is 2.23. The number of ether oxygens (including phenoxy) is 1. The first kappa shape index (κ1) is 19.6. The van der Waals surface area contributed by atoms with Crippen LogP contribution >= 0.6 is 0 Å². The largest absolute Gasteiger partial charge is 0.484 e. The minimum absolute atomic E-state index is 0.247. The van der Waals surface area contributed by atoms with Crippen molar-refractivity contribution < 1.29 is 17.9 Å². The highest BCUT2D eigenvalue weighted by molar-refractivity contribution is 5.28. The molecule has 0 amide bonds. The molecule has 1 aliphatic heterocycles. The molecular formula is C20H24F3N3O. The van der Waals surface area contributed by atoms with Gasteiger partial charge in [-0.25, -0.2) is 0 Å². The first-order valence-electron chi connectivity index (χ1n) is 9.12. The summed E-state index contributed by atoms with van der Waals surface area (Å²) in [5.41, 5.74) is 2.00. The first-order valence-corrected chi connectivity index (χ1v) is 9.12. The Balaban J connectivity index is 1.41. The molecule has 0 aliphatic carbocycles. The molecule has 27 heavy (non-hydrogen) atoms. The van der Waals surface area contributed by atoms with Crippen molar-refractivity contribution in [3.8, 4) is 5.75 Å². The molecule has 1 aromatic heterocycles. The van der Waals surface area contributed by atoms with Gasteiger partial charge in [0, 0.05) is 38.4 Å². The molecule has 0 saturated carbocycles. The van der Waals surface area contributed by atoms with Crippen molar-refractivity contribution in [2.45, 2.75) is 38.1 Å². The third-order valence-corrected chi connectivity index (χ3v) is 4.60. The van der Waals surface area contributed by atoms with Crippen LogP contribution in [0, 0.1) is 0 Å². The monoisotopic (exact) mass is 379 g/mol. The number of pyridine rings is 1. The standard InChI is InChI=1S/C20H24F3N3O/c21-20(22,23)15-27-19-6-3-4-16(12-19)13-25-17-7-10-26(11-8-17)14-18-5-1-2-9-24-18/h1-6,9,12,17,25H,7-8,10-11,13-15H2. The third-order valence-electron chi connectivity index (χ3n) is 4.60. The number of likely N-dealkylation sites (tertiary alicyclic amines) is 1. The predicted octanol–water partition coefficient (Wildman–Crippen LogP) is 3.78. The van der Waals surface area contributed by atoms with Crippen molar-refractivity contribution in [2.24, 2.45) is 0 Å². The lowest BCUT2D eigenvalue weighted by atomic mass is 10.0. The molecule has 146 valence electrons. The van der Waals surface area contributed by atoms with E-state index in [1.807, 2.05) is 30.5 Å². The Morgan fingerprint density at radius 1 is 1.11 bits per heavy atom. The summed E-state index contributed by atoms with van der Waals surface area (Å²) >= 11 is 0. The second-order valence-electron chi connectivity index (χ2n) is 6.80. The van der Waals surface area contributed by atoms with E-state index in [9.17, 15) is 13.2 Å². The Labute approximate surface area is 157 Å². The number of nitrogens with one attached hydrogen (secondary N) is 1. The molecule has 1 saturated heterocycles. The number of halogens is 3. The van der Waals surface area contributed by atoms with E-state index < -0.39 is 12.8 Å². The Hall–Kier alpha value is -2.12. The molecule has 2 heterocycles. The molecule has 1 aliphatic rings. The van der Waals surface area contributed by atoms with Gasteiger partial charge in [-0.3, -0.25) is 9.88 Å². The van der Waals surface area contributed by atoms with E-state index in [1.165, 1.54) is 0 Å². The van der Waals surface area contributed by atoms with Crippen LogP contribution in [0.15, 0.2) is 48.7 Å². The van der Waals surface area contributed by atoms with E-state index in [1.54, 1.807) is 18.2 Å². The van der Waals surface area contributed by atoms with E-state index in [2.05, 4.69) is 15.2 Å². The van der Waals surface area contributed by atoms with E-state index >= 15 is 0 Å². The zero-order valence-electron chi connectivity index (χ0n) is 15.1. The second-order valence-corrected chi connectivity index (χ2v) is 6.80. The van der Waals surface area contributed by atoms with Crippen molar-refractivity contribution in [1.29, 1.82) is 0 Å². The van der Waals surface area contributed by atoms with Crippen molar-refractivity contribution in [3.05, 3.63) is 59.9 Å². The molecular weight excluding hydrogens is 355 g/mol. The van der Waals surface area contributed by atoms with Crippen LogP contribution in [-0.2, 0) is 13.1 Å². The Kier molecular flexibility index (Phi) is 6.68. The van der Waals surface area contributed by atoms with Gasteiger partial charge in [-0.2, -0.15) is 13.2 Å². The van der Waals surface area contributed by atoms with E-state index in [-0.39, 0.29) is 5.75 Å². The summed E-state index contributed by atoms with van der Waals surface area (Å²) in [6.07, 6.45) is -0.429. The smallest absolute Gasteiger partial charge is 0.422 e. The number of alkyl halides is 3. The lowest BCUT2D eigenvalue weighted by Crippen LogP contribution is -2.41. The number of benzene rings is 1. The Bertz CT molecular complexity index is 701. The number of piperidine rings is 1. The zero-order chi connectivity index (χ0) is 19.1. The maximum atomic E-state index is 12.3. The molecule has 1 aromatic carbocycles. The fourth-order valence-corrected chi connectivity index (χ4v) is 3.19. The van der Waals surface area contributed by atoms with Crippen LogP contribution in [0.5, 0.6) is 5.75 Å². The third kappa shape index (κ3) is 6.84. The normalized spacial score (nSPS) is 16.4. The Morgan fingerprint density at radius 3 is 2.63 bits per heavy atom. The van der Waals surface area contributed by atoms with Crippen LogP contribution in [0.4, 0.5) is 13.2 Å². The summed E-state index contributed by atoms with van der Waals surface area (Å²) in [6, 6.07) is 13.2. The second kappa shape index (κ2) is 9.19. The average Bonchev–Trinajstić information content (AvgIpc) is 2.67. The predicted molar refractivity (Wildman–Crippen MR) is 97.4 cm³/mol. The van der Waals surface area contributed by atoms with Gasteiger partial charge >= 0.3 is 6.18 Å². The van der Waals surface area contributed by atoms with E-state index in [0.717, 1.165) is 43.7 Å². The van der Waals surface area contributed by atoms with Gasteiger partial charge in [0.2, 0.25) is 0 Å². The molecule has 1 N–H and O–H groups in total. The summed E-state index contributed by atoms with van der Waals surface area (Å²) in [5, 5.41) is 3.50. The first-order chi connectivity index (χ1) is 13.0. The lowest BCUT2D eigenvalue weighted by molar-refractivity contribution is -0.153. The topological polar surface area (TPSA) is 37.4 Å². The molecule has 0 bridgehead atoms. The molecule has 0 spiro atoms. The lowest BCUT2D eigenvalue weighted by Gasteiger charge is -2.32. The van der Waals surface area contributed by atoms with E-state index in [0.29, 0.717) is 12.6 Å². The molecule has 3 rings (SSSR count). The number of hydrogen-bond donors (Lipinski definition) is 1. The van der Waals surface area contributed by atoms with Gasteiger partial charge in [-0.05, 0) is 42.7 Å². The Morgan fingerprint density at radius 2 is 1.93 bits per heavy atom. The molecule has 4 nitrogen and oxygen atoms in total. The zero-order valence-corrected chi connectivity index (χ0v) is 15.1.